The highest BCUT2D eigenvalue weighted by atomic mass is 79.9. The Bertz CT molecular complexity index is 673. The molecule has 22 heavy (non-hydrogen) atoms. The van der Waals surface area contributed by atoms with Crippen LogP contribution in [0.4, 0.5) is 4.39 Å². The van der Waals surface area contributed by atoms with Gasteiger partial charge in [0, 0.05) is 28.7 Å². The molecule has 0 saturated heterocycles. The summed E-state index contributed by atoms with van der Waals surface area (Å²) in [6, 6.07) is 12.1. The minimum atomic E-state index is -0.226. The van der Waals surface area contributed by atoms with Gasteiger partial charge in [-0.05, 0) is 50.0 Å². The lowest BCUT2D eigenvalue weighted by Gasteiger charge is -2.12. The van der Waals surface area contributed by atoms with E-state index in [1.807, 2.05) is 31.1 Å². The number of nitrogens with one attached hydrogen (secondary N) is 1. The summed E-state index contributed by atoms with van der Waals surface area (Å²) < 4.78 is 14.6. The summed E-state index contributed by atoms with van der Waals surface area (Å²) in [5.74, 6) is -0.379. The lowest BCUT2D eigenvalue weighted by atomic mass is 10.1. The largest absolute Gasteiger partial charge is 0.348 e. The fraction of sp³-hybridized carbons (Fsp3) is 0.235. The van der Waals surface area contributed by atoms with Crippen LogP contribution >= 0.6 is 15.9 Å². The highest BCUT2D eigenvalue weighted by Crippen LogP contribution is 2.14. The molecule has 0 heterocycles. The third kappa shape index (κ3) is 4.64. The smallest absolute Gasteiger partial charge is 0.251 e. The first kappa shape index (κ1) is 16.6. The molecule has 0 bridgehead atoms. The molecule has 1 N–H and O–H groups in total. The number of nitrogens with zero attached hydrogens (tertiary/aromatic N) is 1. The summed E-state index contributed by atoms with van der Waals surface area (Å²) in [6.45, 7) is 0.894. The number of carbonyl (C=O) groups is 1. The molecular weight excluding hydrogens is 347 g/mol. The van der Waals surface area contributed by atoms with Crippen LogP contribution in [0.2, 0.25) is 0 Å². The Hall–Kier alpha value is -1.72. The zero-order valence-electron chi connectivity index (χ0n) is 12.6. The quantitative estimate of drug-likeness (QED) is 0.879. The van der Waals surface area contributed by atoms with Gasteiger partial charge in [0.15, 0.2) is 0 Å². The second-order valence-corrected chi connectivity index (χ2v) is 6.27. The lowest BCUT2D eigenvalue weighted by Crippen LogP contribution is -2.23. The molecule has 2 rings (SSSR count). The van der Waals surface area contributed by atoms with Crippen molar-refractivity contribution in [2.75, 3.05) is 14.1 Å². The Morgan fingerprint density at radius 1 is 1.23 bits per heavy atom. The van der Waals surface area contributed by atoms with E-state index in [1.165, 1.54) is 6.07 Å². The fourth-order valence-electron chi connectivity index (χ4n) is 2.11. The van der Waals surface area contributed by atoms with Crippen molar-refractivity contribution in [2.24, 2.45) is 0 Å². The third-order valence-electron chi connectivity index (χ3n) is 3.14. The van der Waals surface area contributed by atoms with Crippen LogP contribution < -0.4 is 5.32 Å². The summed E-state index contributed by atoms with van der Waals surface area (Å²) >= 11 is 3.34. The van der Waals surface area contributed by atoms with Crippen molar-refractivity contribution >= 4 is 21.8 Å². The summed E-state index contributed by atoms with van der Waals surface area (Å²) in [5, 5.41) is 2.85. The van der Waals surface area contributed by atoms with Crippen LogP contribution in [0.5, 0.6) is 0 Å². The van der Waals surface area contributed by atoms with Gasteiger partial charge >= 0.3 is 0 Å². The van der Waals surface area contributed by atoms with Gasteiger partial charge in [0.25, 0.3) is 5.91 Å². The average Bonchev–Trinajstić information content (AvgIpc) is 2.47. The van der Waals surface area contributed by atoms with Gasteiger partial charge in [-0.15, -0.1) is 0 Å². The van der Waals surface area contributed by atoms with Crippen LogP contribution in [0.1, 0.15) is 21.5 Å². The topological polar surface area (TPSA) is 32.3 Å². The maximum Gasteiger partial charge on any atom is 0.251 e. The number of benzene rings is 2. The summed E-state index contributed by atoms with van der Waals surface area (Å²) in [5.41, 5.74) is 2.09. The standard InChI is InChI=1S/C17H18BrFN2O/c1-21(2)11-14-8-12(6-7-16(14)19)10-20-17(22)13-4-3-5-15(18)9-13/h3-9H,10-11H2,1-2H3,(H,20,22). The first-order valence-corrected chi connectivity index (χ1v) is 7.71. The van der Waals surface area contributed by atoms with E-state index < -0.39 is 0 Å². The fourth-order valence-corrected chi connectivity index (χ4v) is 2.51. The number of halogens is 2. The summed E-state index contributed by atoms with van der Waals surface area (Å²) in [4.78, 5) is 14.0. The van der Waals surface area contributed by atoms with E-state index in [2.05, 4.69) is 21.2 Å². The Kier molecular flexibility index (Phi) is 5.69. The van der Waals surface area contributed by atoms with Crippen molar-refractivity contribution in [1.82, 2.24) is 10.2 Å². The second-order valence-electron chi connectivity index (χ2n) is 5.36. The van der Waals surface area contributed by atoms with Crippen molar-refractivity contribution in [3.05, 3.63) is 69.4 Å². The van der Waals surface area contributed by atoms with Gasteiger partial charge in [-0.3, -0.25) is 4.79 Å². The minimum Gasteiger partial charge on any atom is -0.348 e. The van der Waals surface area contributed by atoms with Crippen LogP contribution in [0.3, 0.4) is 0 Å². The Labute approximate surface area is 138 Å². The molecule has 0 saturated carbocycles. The molecule has 2 aromatic rings. The van der Waals surface area contributed by atoms with Crippen molar-refractivity contribution in [2.45, 2.75) is 13.1 Å². The molecule has 0 aliphatic carbocycles. The molecule has 0 spiro atoms. The molecular formula is C17H18BrFN2O. The molecule has 2 aromatic carbocycles. The van der Waals surface area contributed by atoms with Crippen molar-refractivity contribution in [3.8, 4) is 0 Å². The maximum atomic E-state index is 13.7. The normalized spacial score (nSPS) is 10.8. The zero-order valence-corrected chi connectivity index (χ0v) is 14.2. The third-order valence-corrected chi connectivity index (χ3v) is 3.63. The van der Waals surface area contributed by atoms with E-state index in [0.717, 1.165) is 10.0 Å². The first-order chi connectivity index (χ1) is 10.5. The number of hydrogen-bond donors (Lipinski definition) is 1. The minimum absolute atomic E-state index is 0.153. The number of hydrogen-bond acceptors (Lipinski definition) is 2. The Morgan fingerprint density at radius 2 is 2.00 bits per heavy atom. The molecule has 0 aromatic heterocycles. The predicted octanol–water partition coefficient (Wildman–Crippen LogP) is 3.58. The van der Waals surface area contributed by atoms with Gasteiger partial charge in [0.05, 0.1) is 0 Å². The van der Waals surface area contributed by atoms with Crippen LogP contribution in [0.15, 0.2) is 46.9 Å². The Morgan fingerprint density at radius 3 is 2.68 bits per heavy atom. The molecule has 0 aliphatic rings. The molecule has 0 atom stereocenters. The molecule has 0 unspecified atom stereocenters. The van der Waals surface area contributed by atoms with Gasteiger partial charge in [-0.1, -0.05) is 28.1 Å². The lowest BCUT2D eigenvalue weighted by molar-refractivity contribution is 0.0951. The van der Waals surface area contributed by atoms with Crippen molar-refractivity contribution in [1.29, 1.82) is 0 Å². The molecule has 0 radical (unpaired) electrons. The van der Waals surface area contributed by atoms with E-state index in [4.69, 9.17) is 0 Å². The first-order valence-electron chi connectivity index (χ1n) is 6.91. The van der Waals surface area contributed by atoms with Crippen molar-refractivity contribution in [3.63, 3.8) is 0 Å². The highest BCUT2D eigenvalue weighted by molar-refractivity contribution is 9.10. The summed E-state index contributed by atoms with van der Waals surface area (Å²) in [6.07, 6.45) is 0. The highest BCUT2D eigenvalue weighted by Gasteiger charge is 2.08. The average molecular weight is 365 g/mol. The van der Waals surface area contributed by atoms with Gasteiger partial charge in [0.2, 0.25) is 0 Å². The van der Waals surface area contributed by atoms with Crippen LogP contribution in [0.25, 0.3) is 0 Å². The second kappa shape index (κ2) is 7.51. The zero-order chi connectivity index (χ0) is 16.1. The van der Waals surface area contributed by atoms with Crippen LogP contribution in [-0.2, 0) is 13.1 Å². The Balaban J connectivity index is 2.03. The van der Waals surface area contributed by atoms with Crippen molar-refractivity contribution < 1.29 is 9.18 Å². The summed E-state index contributed by atoms with van der Waals surface area (Å²) in [7, 11) is 3.78. The van der Waals surface area contributed by atoms with E-state index in [-0.39, 0.29) is 11.7 Å². The van der Waals surface area contributed by atoms with Gasteiger partial charge < -0.3 is 10.2 Å². The maximum absolute atomic E-state index is 13.7. The van der Waals surface area contributed by atoms with E-state index in [1.54, 1.807) is 24.3 Å². The predicted molar refractivity (Wildman–Crippen MR) is 89.1 cm³/mol. The van der Waals surface area contributed by atoms with E-state index in [9.17, 15) is 9.18 Å². The van der Waals surface area contributed by atoms with E-state index in [0.29, 0.717) is 24.2 Å². The monoisotopic (exact) mass is 364 g/mol. The molecule has 1 amide bonds. The molecule has 116 valence electrons. The van der Waals surface area contributed by atoms with Gasteiger partial charge in [-0.2, -0.15) is 0 Å². The van der Waals surface area contributed by atoms with Gasteiger partial charge in [-0.25, -0.2) is 4.39 Å². The SMILES string of the molecule is CN(C)Cc1cc(CNC(=O)c2cccc(Br)c2)ccc1F. The van der Waals surface area contributed by atoms with E-state index >= 15 is 0 Å². The molecule has 0 fully saturated rings. The molecule has 0 aliphatic heterocycles. The van der Waals surface area contributed by atoms with Crippen LogP contribution in [-0.4, -0.2) is 24.9 Å². The number of amides is 1. The molecule has 3 nitrogen and oxygen atoms in total. The van der Waals surface area contributed by atoms with Gasteiger partial charge in [0.1, 0.15) is 5.82 Å². The van der Waals surface area contributed by atoms with Crippen LogP contribution in [0, 0.1) is 5.82 Å². The molecule has 5 heteroatoms. The number of rotatable bonds is 5. The number of carbonyl (C=O) groups excluding carboxylic acids is 1.